The van der Waals surface area contributed by atoms with Crippen LogP contribution in [0.1, 0.15) is 18.5 Å². The molecule has 2 aromatic rings. The first-order chi connectivity index (χ1) is 10.1. The van der Waals surface area contributed by atoms with E-state index in [4.69, 9.17) is 10.5 Å². The molecule has 0 spiro atoms. The molecule has 1 unspecified atom stereocenters. The number of anilines is 1. The molecule has 3 nitrogen and oxygen atoms in total. The van der Waals surface area contributed by atoms with Gasteiger partial charge in [0, 0.05) is 18.2 Å². The Morgan fingerprint density at radius 3 is 2.52 bits per heavy atom. The monoisotopic (exact) mass is 288 g/mol. The van der Waals surface area contributed by atoms with E-state index in [0.29, 0.717) is 30.2 Å². The fraction of sp³-hybridized carbons (Fsp3) is 0.294. The highest BCUT2D eigenvalue weighted by Gasteiger charge is 2.15. The minimum absolute atomic E-state index is 0.0112. The van der Waals surface area contributed by atoms with Crippen molar-refractivity contribution in [2.24, 2.45) is 0 Å². The highest BCUT2D eigenvalue weighted by Crippen LogP contribution is 2.22. The number of para-hydroxylation sites is 2. The maximum Gasteiger partial charge on any atom is 0.142 e. The standard InChI is InChI=1S/C17H21FN2O/c1-13(14-7-3-4-8-15(14)18)20(2)11-12-21-17-10-6-5-9-16(17)19/h3-10,13H,11-12,19H2,1-2H3. The lowest BCUT2D eigenvalue weighted by Gasteiger charge is -2.25. The summed E-state index contributed by atoms with van der Waals surface area (Å²) in [6, 6.07) is 14.2. The maximum absolute atomic E-state index is 13.8. The fourth-order valence-corrected chi connectivity index (χ4v) is 2.16. The summed E-state index contributed by atoms with van der Waals surface area (Å²) in [6.45, 7) is 3.17. The molecule has 2 aromatic carbocycles. The van der Waals surface area contributed by atoms with Crippen LogP contribution < -0.4 is 10.5 Å². The van der Waals surface area contributed by atoms with Crippen molar-refractivity contribution in [3.63, 3.8) is 0 Å². The minimum Gasteiger partial charge on any atom is -0.490 e. The first kappa shape index (κ1) is 15.3. The van der Waals surface area contributed by atoms with Gasteiger partial charge in [-0.25, -0.2) is 4.39 Å². The van der Waals surface area contributed by atoms with E-state index >= 15 is 0 Å². The predicted molar refractivity (Wildman–Crippen MR) is 83.8 cm³/mol. The topological polar surface area (TPSA) is 38.5 Å². The summed E-state index contributed by atoms with van der Waals surface area (Å²) >= 11 is 0. The van der Waals surface area contributed by atoms with Crippen LogP contribution in [0.25, 0.3) is 0 Å². The van der Waals surface area contributed by atoms with E-state index in [1.807, 2.05) is 44.3 Å². The number of nitrogens with zero attached hydrogens (tertiary/aromatic N) is 1. The average Bonchev–Trinajstić information content (AvgIpc) is 2.49. The smallest absolute Gasteiger partial charge is 0.142 e. The number of rotatable bonds is 6. The van der Waals surface area contributed by atoms with Gasteiger partial charge in [-0.2, -0.15) is 0 Å². The zero-order chi connectivity index (χ0) is 15.2. The van der Waals surface area contributed by atoms with E-state index in [9.17, 15) is 4.39 Å². The van der Waals surface area contributed by atoms with Crippen LogP contribution >= 0.6 is 0 Å². The van der Waals surface area contributed by atoms with Gasteiger partial charge in [-0.1, -0.05) is 30.3 Å². The quantitative estimate of drug-likeness (QED) is 0.827. The Morgan fingerprint density at radius 1 is 1.14 bits per heavy atom. The molecule has 0 bridgehead atoms. The third kappa shape index (κ3) is 3.95. The highest BCUT2D eigenvalue weighted by atomic mass is 19.1. The number of hydrogen-bond donors (Lipinski definition) is 1. The minimum atomic E-state index is -0.176. The van der Waals surface area contributed by atoms with Gasteiger partial charge in [0.25, 0.3) is 0 Å². The fourth-order valence-electron chi connectivity index (χ4n) is 2.16. The van der Waals surface area contributed by atoms with Gasteiger partial charge >= 0.3 is 0 Å². The van der Waals surface area contributed by atoms with E-state index in [0.717, 1.165) is 0 Å². The van der Waals surface area contributed by atoms with Gasteiger partial charge in [-0.3, -0.25) is 4.90 Å². The summed E-state index contributed by atoms with van der Waals surface area (Å²) in [5.41, 5.74) is 7.14. The van der Waals surface area contributed by atoms with E-state index in [2.05, 4.69) is 4.90 Å². The van der Waals surface area contributed by atoms with E-state index in [1.165, 1.54) is 6.07 Å². The van der Waals surface area contributed by atoms with Gasteiger partial charge in [0.1, 0.15) is 18.2 Å². The van der Waals surface area contributed by atoms with Crippen molar-refractivity contribution < 1.29 is 9.13 Å². The molecule has 0 radical (unpaired) electrons. The molecule has 0 aromatic heterocycles. The molecule has 0 amide bonds. The normalized spacial score (nSPS) is 12.4. The first-order valence-corrected chi connectivity index (χ1v) is 7.01. The number of likely N-dealkylation sites (N-methyl/N-ethyl adjacent to an activating group) is 1. The molecule has 2 rings (SSSR count). The van der Waals surface area contributed by atoms with Crippen molar-refractivity contribution in [3.05, 3.63) is 59.9 Å². The number of hydrogen-bond acceptors (Lipinski definition) is 3. The highest BCUT2D eigenvalue weighted by molar-refractivity contribution is 5.51. The SMILES string of the molecule is CC(c1ccccc1F)N(C)CCOc1ccccc1N. The van der Waals surface area contributed by atoms with Gasteiger partial charge in [0.15, 0.2) is 0 Å². The summed E-state index contributed by atoms with van der Waals surface area (Å²) in [4.78, 5) is 2.05. The van der Waals surface area contributed by atoms with E-state index < -0.39 is 0 Å². The van der Waals surface area contributed by atoms with Crippen LogP contribution in [0.2, 0.25) is 0 Å². The van der Waals surface area contributed by atoms with Crippen molar-refractivity contribution in [3.8, 4) is 5.75 Å². The molecule has 4 heteroatoms. The molecule has 0 aliphatic rings. The van der Waals surface area contributed by atoms with Crippen LogP contribution in [0.3, 0.4) is 0 Å². The Labute approximate surface area is 125 Å². The van der Waals surface area contributed by atoms with Crippen LogP contribution in [-0.4, -0.2) is 25.1 Å². The molecule has 0 saturated carbocycles. The lowest BCUT2D eigenvalue weighted by Crippen LogP contribution is -2.28. The van der Waals surface area contributed by atoms with Crippen LogP contribution in [0, 0.1) is 5.82 Å². The van der Waals surface area contributed by atoms with Crippen molar-refractivity contribution in [2.75, 3.05) is 25.9 Å². The van der Waals surface area contributed by atoms with Gasteiger partial charge in [-0.05, 0) is 32.2 Å². The van der Waals surface area contributed by atoms with Gasteiger partial charge < -0.3 is 10.5 Å². The molecular formula is C17H21FN2O. The number of nitrogens with two attached hydrogens (primary N) is 1. The van der Waals surface area contributed by atoms with Crippen LogP contribution in [0.5, 0.6) is 5.75 Å². The van der Waals surface area contributed by atoms with Crippen LogP contribution in [0.15, 0.2) is 48.5 Å². The van der Waals surface area contributed by atoms with E-state index in [-0.39, 0.29) is 11.9 Å². The molecule has 0 fully saturated rings. The zero-order valence-electron chi connectivity index (χ0n) is 12.4. The largest absolute Gasteiger partial charge is 0.490 e. The number of ether oxygens (including phenoxy) is 1. The Hall–Kier alpha value is -2.07. The predicted octanol–water partition coefficient (Wildman–Crippen LogP) is 3.48. The molecule has 112 valence electrons. The Kier molecular flexibility index (Phi) is 5.17. The van der Waals surface area contributed by atoms with Gasteiger partial charge in [0.2, 0.25) is 0 Å². The van der Waals surface area contributed by atoms with Crippen LogP contribution in [-0.2, 0) is 0 Å². The molecule has 21 heavy (non-hydrogen) atoms. The second-order valence-electron chi connectivity index (χ2n) is 5.06. The zero-order valence-corrected chi connectivity index (χ0v) is 12.4. The maximum atomic E-state index is 13.8. The summed E-state index contributed by atoms with van der Waals surface area (Å²) in [6.07, 6.45) is 0. The Morgan fingerprint density at radius 2 is 1.81 bits per heavy atom. The first-order valence-electron chi connectivity index (χ1n) is 7.01. The average molecular weight is 288 g/mol. The Bertz CT molecular complexity index is 589. The molecule has 1 atom stereocenters. The van der Waals surface area contributed by atoms with Crippen molar-refractivity contribution in [2.45, 2.75) is 13.0 Å². The van der Waals surface area contributed by atoms with Crippen molar-refractivity contribution in [1.29, 1.82) is 0 Å². The third-order valence-corrected chi connectivity index (χ3v) is 3.64. The molecule has 0 aliphatic heterocycles. The third-order valence-electron chi connectivity index (χ3n) is 3.64. The number of benzene rings is 2. The molecular weight excluding hydrogens is 267 g/mol. The van der Waals surface area contributed by atoms with Crippen molar-refractivity contribution in [1.82, 2.24) is 4.90 Å². The summed E-state index contributed by atoms with van der Waals surface area (Å²) < 4.78 is 19.4. The second kappa shape index (κ2) is 7.09. The summed E-state index contributed by atoms with van der Waals surface area (Å²) in [5.74, 6) is 0.509. The van der Waals surface area contributed by atoms with Crippen LogP contribution in [0.4, 0.5) is 10.1 Å². The second-order valence-corrected chi connectivity index (χ2v) is 5.06. The molecule has 2 N–H and O–H groups in total. The number of halogens is 1. The lowest BCUT2D eigenvalue weighted by molar-refractivity contribution is 0.199. The lowest BCUT2D eigenvalue weighted by atomic mass is 10.1. The summed E-state index contributed by atoms with van der Waals surface area (Å²) in [7, 11) is 1.95. The van der Waals surface area contributed by atoms with Gasteiger partial charge in [0.05, 0.1) is 5.69 Å². The van der Waals surface area contributed by atoms with E-state index in [1.54, 1.807) is 12.1 Å². The molecule has 0 heterocycles. The number of nitrogen functional groups attached to an aromatic ring is 1. The molecule has 0 aliphatic carbocycles. The van der Waals surface area contributed by atoms with Gasteiger partial charge in [-0.15, -0.1) is 0 Å². The summed E-state index contributed by atoms with van der Waals surface area (Å²) in [5, 5.41) is 0. The molecule has 0 saturated heterocycles. The Balaban J connectivity index is 1.89. The van der Waals surface area contributed by atoms with Crippen molar-refractivity contribution >= 4 is 5.69 Å².